The Bertz CT molecular complexity index is 3380. The van der Waals surface area contributed by atoms with Gasteiger partial charge in [-0.1, -0.05) is 109 Å². The molecule has 0 aliphatic carbocycles. The number of rotatable bonds is 4. The van der Waals surface area contributed by atoms with Crippen molar-refractivity contribution in [2.24, 2.45) is 0 Å². The van der Waals surface area contributed by atoms with E-state index in [-0.39, 0.29) is 0 Å². The number of aromatic nitrogens is 3. The fourth-order valence-corrected chi connectivity index (χ4v) is 10.1. The molecule has 0 radical (unpaired) electrons. The van der Waals surface area contributed by atoms with Crippen LogP contribution < -0.4 is 0 Å². The van der Waals surface area contributed by atoms with Crippen LogP contribution in [-0.2, 0) is 0 Å². The molecule has 8 aromatic carbocycles. The fourth-order valence-electron chi connectivity index (χ4n) is 8.89. The largest absolute Gasteiger partial charge is 0.309 e. The molecule has 4 aromatic heterocycles. The highest BCUT2D eigenvalue weighted by Gasteiger charge is 2.19. The lowest BCUT2D eigenvalue weighted by atomic mass is 10.0. The number of fused-ring (bicyclic) bond motifs is 11. The van der Waals surface area contributed by atoms with E-state index >= 15 is 0 Å². The van der Waals surface area contributed by atoms with Gasteiger partial charge in [0.2, 0.25) is 0 Å². The van der Waals surface area contributed by atoms with E-state index in [0.29, 0.717) is 0 Å². The third-order valence-corrected chi connectivity index (χ3v) is 12.4. The first-order valence-corrected chi connectivity index (χ1v) is 19.3. The Morgan fingerprint density at radius 3 is 1.48 bits per heavy atom. The third kappa shape index (κ3) is 4.17. The lowest BCUT2D eigenvalue weighted by Crippen LogP contribution is -1.96. The zero-order valence-electron chi connectivity index (χ0n) is 29.1. The molecule has 0 saturated carbocycles. The summed E-state index contributed by atoms with van der Waals surface area (Å²) in [6.45, 7) is 0. The van der Waals surface area contributed by atoms with Gasteiger partial charge >= 0.3 is 0 Å². The average molecular weight is 706 g/mol. The maximum absolute atomic E-state index is 2.43. The summed E-state index contributed by atoms with van der Waals surface area (Å²) in [5, 5.41) is 8.98. The van der Waals surface area contributed by atoms with Crippen molar-refractivity contribution >= 4 is 86.2 Å². The lowest BCUT2D eigenvalue weighted by Gasteiger charge is -2.11. The average Bonchev–Trinajstić information content (AvgIpc) is 3.96. The maximum atomic E-state index is 2.43. The van der Waals surface area contributed by atoms with Crippen molar-refractivity contribution in [3.8, 4) is 28.2 Å². The normalized spacial score (nSPS) is 12.1. The van der Waals surface area contributed by atoms with Crippen LogP contribution in [-0.4, -0.2) is 13.7 Å². The molecule has 3 nitrogen and oxygen atoms in total. The Hall–Kier alpha value is -6.88. The number of nitrogens with zero attached hydrogens (tertiary/aromatic N) is 3. The highest BCUT2D eigenvalue weighted by molar-refractivity contribution is 7.25. The van der Waals surface area contributed by atoms with Gasteiger partial charge in [0.05, 0.1) is 27.6 Å². The van der Waals surface area contributed by atoms with Crippen molar-refractivity contribution in [1.29, 1.82) is 0 Å². The van der Waals surface area contributed by atoms with E-state index in [1.807, 2.05) is 11.3 Å². The Labute approximate surface area is 314 Å². The molecule has 4 heterocycles. The summed E-state index contributed by atoms with van der Waals surface area (Å²) in [5.74, 6) is 0. The van der Waals surface area contributed by atoms with Crippen molar-refractivity contribution < 1.29 is 0 Å². The highest BCUT2D eigenvalue weighted by atomic mass is 32.1. The summed E-state index contributed by atoms with van der Waals surface area (Å²) < 4.78 is 8.56. The first-order chi connectivity index (χ1) is 26.8. The zero-order valence-corrected chi connectivity index (χ0v) is 30.0. The molecule has 12 aromatic rings. The number of para-hydroxylation sites is 4. The van der Waals surface area contributed by atoms with Crippen LogP contribution in [0, 0.1) is 0 Å². The van der Waals surface area contributed by atoms with Crippen LogP contribution >= 0.6 is 11.3 Å². The van der Waals surface area contributed by atoms with Gasteiger partial charge in [0.25, 0.3) is 0 Å². The second-order valence-electron chi connectivity index (χ2n) is 14.2. The molecule has 4 heteroatoms. The second-order valence-corrected chi connectivity index (χ2v) is 15.2. The van der Waals surface area contributed by atoms with E-state index in [1.165, 1.54) is 97.3 Å². The summed E-state index contributed by atoms with van der Waals surface area (Å²) in [4.78, 5) is 1.29. The number of thiophene rings is 1. The third-order valence-electron chi connectivity index (χ3n) is 11.3. The van der Waals surface area contributed by atoms with E-state index in [1.54, 1.807) is 0 Å². The lowest BCUT2D eigenvalue weighted by molar-refractivity contribution is 1.17. The summed E-state index contributed by atoms with van der Waals surface area (Å²) in [6.07, 6.45) is 0. The highest BCUT2D eigenvalue weighted by Crippen LogP contribution is 2.44. The van der Waals surface area contributed by atoms with Gasteiger partial charge in [-0.05, 0) is 90.0 Å². The van der Waals surface area contributed by atoms with Gasteiger partial charge in [0, 0.05) is 59.5 Å². The molecule has 252 valence electrons. The first kappa shape index (κ1) is 29.7. The first-order valence-electron chi connectivity index (χ1n) is 18.4. The smallest absolute Gasteiger partial charge is 0.109 e. The van der Waals surface area contributed by atoms with Crippen molar-refractivity contribution in [2.45, 2.75) is 0 Å². The van der Waals surface area contributed by atoms with Crippen LogP contribution in [0.3, 0.4) is 0 Å². The van der Waals surface area contributed by atoms with E-state index in [2.05, 4.69) is 202 Å². The molecule has 0 aliphatic rings. The van der Waals surface area contributed by atoms with Crippen LogP contribution in [0.15, 0.2) is 188 Å². The van der Waals surface area contributed by atoms with E-state index < -0.39 is 0 Å². The van der Waals surface area contributed by atoms with Crippen molar-refractivity contribution in [2.75, 3.05) is 0 Å². The number of benzene rings is 8. The van der Waals surface area contributed by atoms with Gasteiger partial charge in [0.15, 0.2) is 0 Å². The molecule has 0 saturated heterocycles. The van der Waals surface area contributed by atoms with Gasteiger partial charge < -0.3 is 13.7 Å². The predicted molar refractivity (Wildman–Crippen MR) is 230 cm³/mol. The Morgan fingerprint density at radius 1 is 0.296 bits per heavy atom. The molecule has 0 unspecified atom stereocenters. The van der Waals surface area contributed by atoms with Crippen LogP contribution in [0.2, 0.25) is 0 Å². The van der Waals surface area contributed by atoms with Crippen LogP contribution in [0.5, 0.6) is 0 Å². The van der Waals surface area contributed by atoms with Crippen molar-refractivity contribution in [1.82, 2.24) is 13.7 Å². The molecular weight excluding hydrogens is 675 g/mol. The van der Waals surface area contributed by atoms with E-state index in [0.717, 1.165) is 5.69 Å². The Morgan fingerprint density at radius 2 is 0.778 bits per heavy atom. The molecule has 0 atom stereocenters. The van der Waals surface area contributed by atoms with Crippen LogP contribution in [0.25, 0.3) is 103 Å². The minimum atomic E-state index is 1.15. The molecule has 0 spiro atoms. The summed E-state index contributed by atoms with van der Waals surface area (Å²) >= 11 is 1.87. The minimum absolute atomic E-state index is 1.15. The molecular formula is C50H31N3S. The van der Waals surface area contributed by atoms with Gasteiger partial charge in [-0.2, -0.15) is 0 Å². The fraction of sp³-hybridized carbons (Fsp3) is 0. The molecule has 0 aliphatic heterocycles. The summed E-state index contributed by atoms with van der Waals surface area (Å²) in [7, 11) is 0. The van der Waals surface area contributed by atoms with Gasteiger partial charge in [-0.25, -0.2) is 0 Å². The molecule has 0 fully saturated rings. The number of hydrogen-bond donors (Lipinski definition) is 0. The number of hydrogen-bond acceptors (Lipinski definition) is 1. The standard InChI is InChI=1S/C50H31N3S/c1-2-12-34(13-3-1)53-47-28-24-33(30-42(47)49-40-17-7-11-21-48(40)54-50(49)53)32-22-25-35(26-23-32)51-45-20-10-6-16-39(45)41-31-36(27-29-46(41)51)52-43-18-8-4-14-37(43)38-15-5-9-19-44(38)52/h1-31H. The Balaban J connectivity index is 1.00. The molecule has 0 N–H and O–H groups in total. The van der Waals surface area contributed by atoms with Crippen molar-refractivity contribution in [3.05, 3.63) is 188 Å². The van der Waals surface area contributed by atoms with Crippen LogP contribution in [0.1, 0.15) is 0 Å². The zero-order chi connectivity index (χ0) is 35.3. The molecule has 12 rings (SSSR count). The summed E-state index contributed by atoms with van der Waals surface area (Å²) in [6, 6.07) is 68.8. The van der Waals surface area contributed by atoms with Crippen molar-refractivity contribution in [3.63, 3.8) is 0 Å². The second kappa shape index (κ2) is 11.3. The van der Waals surface area contributed by atoms with E-state index in [4.69, 9.17) is 0 Å². The maximum Gasteiger partial charge on any atom is 0.109 e. The van der Waals surface area contributed by atoms with E-state index in [9.17, 15) is 0 Å². The topological polar surface area (TPSA) is 14.8 Å². The SMILES string of the molecule is c1ccc(-n2c3ccc(-c4ccc(-n5c6ccccc6c6cc(-n7c8ccccc8c8ccccc87)ccc65)cc4)cc3c3c4ccccc4sc32)cc1. The van der Waals surface area contributed by atoms with Crippen LogP contribution in [0.4, 0.5) is 0 Å². The predicted octanol–water partition coefficient (Wildman–Crippen LogP) is 13.9. The van der Waals surface area contributed by atoms with Gasteiger partial charge in [-0.3, -0.25) is 0 Å². The molecule has 0 amide bonds. The monoisotopic (exact) mass is 705 g/mol. The molecule has 54 heavy (non-hydrogen) atoms. The Kier molecular flexibility index (Phi) is 6.21. The quantitative estimate of drug-likeness (QED) is 0.173. The van der Waals surface area contributed by atoms with Gasteiger partial charge in [-0.15, -0.1) is 11.3 Å². The van der Waals surface area contributed by atoms with Gasteiger partial charge in [0.1, 0.15) is 4.83 Å². The summed E-state index contributed by atoms with van der Waals surface area (Å²) in [5.41, 5.74) is 12.0. The molecule has 0 bridgehead atoms. The minimum Gasteiger partial charge on any atom is -0.309 e.